The molecule has 1 N–H and O–H groups in total. The summed E-state index contributed by atoms with van der Waals surface area (Å²) in [7, 11) is 1.40. The SMILES string of the molecule is CO/C=C(/C(=O)O)c1ccccc1/C(=N\OCCCc1ccccn1)OCC(C)C. The topological polar surface area (TPSA) is 90.2 Å². The fourth-order valence-corrected chi connectivity index (χ4v) is 2.62. The first kappa shape index (κ1) is 22.9. The van der Waals surface area contributed by atoms with Crippen LogP contribution in [0.2, 0.25) is 0 Å². The summed E-state index contributed by atoms with van der Waals surface area (Å²) in [5.74, 6) is -0.607. The number of ether oxygens (including phenoxy) is 2. The number of hydrogen-bond acceptors (Lipinski definition) is 6. The second-order valence-corrected chi connectivity index (χ2v) is 6.98. The molecule has 2 rings (SSSR count). The van der Waals surface area contributed by atoms with Crippen LogP contribution in [0.4, 0.5) is 0 Å². The van der Waals surface area contributed by atoms with Crippen molar-refractivity contribution in [1.82, 2.24) is 4.98 Å². The molecule has 160 valence electrons. The number of hydrogen-bond donors (Lipinski definition) is 1. The molecule has 0 unspecified atom stereocenters. The van der Waals surface area contributed by atoms with E-state index in [1.807, 2.05) is 32.0 Å². The molecule has 0 saturated heterocycles. The summed E-state index contributed by atoms with van der Waals surface area (Å²) in [5.41, 5.74) is 1.95. The number of oxime groups is 1. The van der Waals surface area contributed by atoms with Crippen LogP contribution < -0.4 is 0 Å². The van der Waals surface area contributed by atoms with Crippen molar-refractivity contribution in [2.24, 2.45) is 11.1 Å². The standard InChI is InChI=1S/C23H28N2O5/c1-17(2)15-29-22(25-30-14-8-10-18-9-6-7-13-24-18)20-12-5-4-11-19(20)21(16-28-3)23(26)27/h4-7,9,11-13,16-17H,8,10,14-15H2,1-3H3,(H,26,27)/b21-16+,25-22+. The van der Waals surface area contributed by atoms with Gasteiger partial charge < -0.3 is 19.4 Å². The number of nitrogens with zero attached hydrogens (tertiary/aromatic N) is 2. The lowest BCUT2D eigenvalue weighted by atomic mass is 10.0. The molecule has 7 heteroatoms. The number of carbonyl (C=O) groups is 1. The summed E-state index contributed by atoms with van der Waals surface area (Å²) in [6.07, 6.45) is 4.46. The molecule has 0 aliphatic rings. The molecule has 7 nitrogen and oxygen atoms in total. The molecule has 0 amide bonds. The van der Waals surface area contributed by atoms with Crippen LogP contribution in [-0.2, 0) is 25.5 Å². The third kappa shape index (κ3) is 7.24. The van der Waals surface area contributed by atoms with Gasteiger partial charge in [-0.25, -0.2) is 4.79 Å². The number of aromatic nitrogens is 1. The van der Waals surface area contributed by atoms with Crippen molar-refractivity contribution in [3.8, 4) is 0 Å². The number of aliphatic carboxylic acids is 1. The van der Waals surface area contributed by atoms with E-state index in [4.69, 9.17) is 14.3 Å². The number of aryl methyl sites for hydroxylation is 1. The molecule has 0 atom stereocenters. The van der Waals surface area contributed by atoms with Gasteiger partial charge in [-0.3, -0.25) is 4.98 Å². The molecule has 0 saturated carbocycles. The van der Waals surface area contributed by atoms with Crippen molar-refractivity contribution < 1.29 is 24.2 Å². The van der Waals surface area contributed by atoms with E-state index in [0.717, 1.165) is 18.5 Å². The minimum atomic E-state index is -1.11. The van der Waals surface area contributed by atoms with E-state index in [0.29, 0.717) is 24.3 Å². The Hall–Kier alpha value is -3.35. The highest BCUT2D eigenvalue weighted by atomic mass is 16.6. The Labute approximate surface area is 177 Å². The largest absolute Gasteiger partial charge is 0.503 e. The van der Waals surface area contributed by atoms with Gasteiger partial charge in [0.2, 0.25) is 0 Å². The summed E-state index contributed by atoms with van der Waals surface area (Å²) in [5, 5.41) is 13.7. The Morgan fingerprint density at radius 1 is 1.17 bits per heavy atom. The zero-order valence-corrected chi connectivity index (χ0v) is 17.6. The van der Waals surface area contributed by atoms with Crippen LogP contribution in [0.1, 0.15) is 37.1 Å². The Balaban J connectivity index is 2.18. The summed E-state index contributed by atoms with van der Waals surface area (Å²) < 4.78 is 10.8. The molecule has 1 heterocycles. The minimum absolute atomic E-state index is 0.00380. The predicted octanol–water partition coefficient (Wildman–Crippen LogP) is 4.14. The lowest BCUT2D eigenvalue weighted by molar-refractivity contribution is -0.130. The fraction of sp³-hybridized carbons (Fsp3) is 0.348. The van der Waals surface area contributed by atoms with Crippen molar-refractivity contribution in [1.29, 1.82) is 0 Å². The van der Waals surface area contributed by atoms with Crippen molar-refractivity contribution in [2.75, 3.05) is 20.3 Å². The van der Waals surface area contributed by atoms with Gasteiger partial charge in [0.1, 0.15) is 12.2 Å². The molecule has 0 spiro atoms. The summed E-state index contributed by atoms with van der Waals surface area (Å²) >= 11 is 0. The highest BCUT2D eigenvalue weighted by molar-refractivity contribution is 6.18. The third-order valence-electron chi connectivity index (χ3n) is 4.01. The number of carboxylic acids is 1. The molecule has 2 aromatic rings. The van der Waals surface area contributed by atoms with Crippen molar-refractivity contribution in [2.45, 2.75) is 26.7 Å². The molecule has 0 aliphatic heterocycles. The molecule has 0 bridgehead atoms. The molecular formula is C23H28N2O5. The van der Waals surface area contributed by atoms with Crippen molar-refractivity contribution >= 4 is 17.4 Å². The van der Waals surface area contributed by atoms with Crippen LogP contribution >= 0.6 is 0 Å². The average molecular weight is 412 g/mol. The van der Waals surface area contributed by atoms with E-state index in [9.17, 15) is 9.90 Å². The normalized spacial score (nSPS) is 12.0. The smallest absolute Gasteiger partial charge is 0.339 e. The van der Waals surface area contributed by atoms with Gasteiger partial charge in [0.15, 0.2) is 0 Å². The maximum Gasteiger partial charge on any atom is 0.339 e. The molecular weight excluding hydrogens is 384 g/mol. The van der Waals surface area contributed by atoms with Crippen molar-refractivity contribution in [3.05, 3.63) is 71.7 Å². The first-order valence-electron chi connectivity index (χ1n) is 9.81. The van der Waals surface area contributed by atoms with Crippen LogP contribution in [0.3, 0.4) is 0 Å². The lowest BCUT2D eigenvalue weighted by Gasteiger charge is -2.15. The van der Waals surface area contributed by atoms with E-state index in [1.54, 1.807) is 30.5 Å². The summed E-state index contributed by atoms with van der Waals surface area (Å²) in [4.78, 5) is 21.5. The monoisotopic (exact) mass is 412 g/mol. The van der Waals surface area contributed by atoms with E-state index >= 15 is 0 Å². The zero-order valence-electron chi connectivity index (χ0n) is 17.6. The highest BCUT2D eigenvalue weighted by Gasteiger charge is 2.20. The van der Waals surface area contributed by atoms with Gasteiger partial charge in [0.25, 0.3) is 5.90 Å². The van der Waals surface area contributed by atoms with Crippen LogP contribution in [0.25, 0.3) is 5.57 Å². The number of rotatable bonds is 11. The highest BCUT2D eigenvalue weighted by Crippen LogP contribution is 2.22. The molecule has 0 fully saturated rings. The fourth-order valence-electron chi connectivity index (χ4n) is 2.62. The first-order chi connectivity index (χ1) is 14.5. The van der Waals surface area contributed by atoms with Gasteiger partial charge >= 0.3 is 5.97 Å². The van der Waals surface area contributed by atoms with Gasteiger partial charge in [0, 0.05) is 23.0 Å². The molecule has 30 heavy (non-hydrogen) atoms. The Kier molecular flexibility index (Phi) is 9.37. The van der Waals surface area contributed by atoms with Crippen LogP contribution in [0, 0.1) is 5.92 Å². The van der Waals surface area contributed by atoms with Gasteiger partial charge in [-0.05, 0) is 42.1 Å². The van der Waals surface area contributed by atoms with E-state index in [1.165, 1.54) is 13.4 Å². The number of carboxylic acid groups (broad SMARTS) is 1. The maximum absolute atomic E-state index is 11.7. The average Bonchev–Trinajstić information content (AvgIpc) is 2.74. The van der Waals surface area contributed by atoms with Crippen LogP contribution in [0.15, 0.2) is 60.1 Å². The zero-order chi connectivity index (χ0) is 21.8. The van der Waals surface area contributed by atoms with Gasteiger partial charge in [0.05, 0.1) is 20.0 Å². The first-order valence-corrected chi connectivity index (χ1v) is 9.81. The van der Waals surface area contributed by atoms with E-state index in [2.05, 4.69) is 10.1 Å². The Bertz CT molecular complexity index is 863. The second-order valence-electron chi connectivity index (χ2n) is 6.98. The second kappa shape index (κ2) is 12.3. The number of methoxy groups -OCH3 is 1. The van der Waals surface area contributed by atoms with Crippen LogP contribution in [0.5, 0.6) is 0 Å². The quantitative estimate of drug-likeness (QED) is 0.149. The third-order valence-corrected chi connectivity index (χ3v) is 4.01. The summed E-state index contributed by atoms with van der Waals surface area (Å²) in [6.45, 7) is 4.84. The number of pyridine rings is 1. The van der Waals surface area contributed by atoms with E-state index in [-0.39, 0.29) is 17.4 Å². The van der Waals surface area contributed by atoms with Crippen LogP contribution in [-0.4, -0.2) is 42.3 Å². The molecule has 0 radical (unpaired) electrons. The molecule has 1 aromatic carbocycles. The number of benzene rings is 1. The van der Waals surface area contributed by atoms with Gasteiger partial charge in [-0.1, -0.05) is 38.1 Å². The maximum atomic E-state index is 11.7. The Morgan fingerprint density at radius 3 is 2.53 bits per heavy atom. The predicted molar refractivity (Wildman–Crippen MR) is 115 cm³/mol. The van der Waals surface area contributed by atoms with E-state index < -0.39 is 5.97 Å². The molecule has 0 aliphatic carbocycles. The van der Waals surface area contributed by atoms with Gasteiger partial charge in [-0.2, -0.15) is 0 Å². The minimum Gasteiger partial charge on any atom is -0.503 e. The van der Waals surface area contributed by atoms with Crippen molar-refractivity contribution in [3.63, 3.8) is 0 Å². The van der Waals surface area contributed by atoms with Gasteiger partial charge in [-0.15, -0.1) is 0 Å². The lowest BCUT2D eigenvalue weighted by Crippen LogP contribution is -2.15. The summed E-state index contributed by atoms with van der Waals surface area (Å²) in [6, 6.07) is 12.8. The molecule has 1 aromatic heterocycles. The Morgan fingerprint density at radius 2 is 1.90 bits per heavy atom.